The maximum absolute atomic E-state index is 5.67. The number of methoxy groups -OCH3 is 1. The zero-order valence-corrected chi connectivity index (χ0v) is 17.0. The molecular weight excluding hydrogens is 366 g/mol. The molecule has 2 aliphatic rings. The van der Waals surface area contributed by atoms with E-state index in [1.54, 1.807) is 13.4 Å². The number of likely N-dealkylation sites (N-methyl/N-ethyl adjacent to an activating group) is 1. The summed E-state index contributed by atoms with van der Waals surface area (Å²) >= 11 is 0. The van der Waals surface area contributed by atoms with E-state index in [4.69, 9.17) is 9.15 Å². The SMILES string of the molecule is COc1ccc(CN2CCC3(CC2)CN(C)Cc2nnc(-c4ccco4)n23)cc1. The van der Waals surface area contributed by atoms with Gasteiger partial charge in [0.25, 0.3) is 0 Å². The van der Waals surface area contributed by atoms with Crippen molar-refractivity contribution >= 4 is 0 Å². The molecule has 0 N–H and O–H groups in total. The number of rotatable bonds is 4. The number of hydrogen-bond acceptors (Lipinski definition) is 6. The second-order valence-corrected chi connectivity index (χ2v) is 8.27. The Labute approximate surface area is 170 Å². The van der Waals surface area contributed by atoms with E-state index in [0.29, 0.717) is 0 Å². The van der Waals surface area contributed by atoms with E-state index in [0.717, 1.165) is 68.7 Å². The molecular formula is C22H27N5O2. The Morgan fingerprint density at radius 2 is 1.90 bits per heavy atom. The van der Waals surface area contributed by atoms with Crippen molar-refractivity contribution in [2.24, 2.45) is 0 Å². The van der Waals surface area contributed by atoms with Crippen LogP contribution >= 0.6 is 0 Å². The highest BCUT2D eigenvalue weighted by Gasteiger charge is 2.43. The minimum Gasteiger partial charge on any atom is -0.497 e. The maximum Gasteiger partial charge on any atom is 0.200 e. The lowest BCUT2D eigenvalue weighted by Gasteiger charge is -2.48. The van der Waals surface area contributed by atoms with Crippen molar-refractivity contribution in [2.75, 3.05) is 33.8 Å². The number of furan rings is 1. The Bertz CT molecular complexity index is 956. The third-order valence-electron chi connectivity index (χ3n) is 6.27. The van der Waals surface area contributed by atoms with Crippen LogP contribution in [0.4, 0.5) is 0 Å². The third kappa shape index (κ3) is 3.34. The quantitative estimate of drug-likeness (QED) is 0.679. The summed E-state index contributed by atoms with van der Waals surface area (Å²) < 4.78 is 13.3. The van der Waals surface area contributed by atoms with Crippen molar-refractivity contribution < 1.29 is 9.15 Å². The smallest absolute Gasteiger partial charge is 0.200 e. The van der Waals surface area contributed by atoms with Crippen LogP contribution in [0.5, 0.6) is 5.75 Å². The molecule has 5 rings (SSSR count). The second kappa shape index (κ2) is 7.31. The first-order chi connectivity index (χ1) is 14.2. The van der Waals surface area contributed by atoms with E-state index in [1.165, 1.54) is 5.56 Å². The molecule has 0 amide bonds. The van der Waals surface area contributed by atoms with Crippen LogP contribution in [0.3, 0.4) is 0 Å². The lowest BCUT2D eigenvalue weighted by atomic mass is 9.84. The van der Waals surface area contributed by atoms with Gasteiger partial charge in [-0.15, -0.1) is 10.2 Å². The van der Waals surface area contributed by atoms with Gasteiger partial charge in [-0.05, 0) is 49.7 Å². The molecule has 3 aromatic rings. The molecule has 1 saturated heterocycles. The zero-order chi connectivity index (χ0) is 19.8. The molecule has 0 saturated carbocycles. The molecule has 7 nitrogen and oxygen atoms in total. The number of ether oxygens (including phenoxy) is 1. The number of hydrogen-bond donors (Lipinski definition) is 0. The van der Waals surface area contributed by atoms with Crippen molar-refractivity contribution in [3.05, 3.63) is 54.0 Å². The normalized spacial score (nSPS) is 19.4. The van der Waals surface area contributed by atoms with Gasteiger partial charge in [-0.1, -0.05) is 12.1 Å². The molecule has 152 valence electrons. The highest BCUT2D eigenvalue weighted by atomic mass is 16.5. The first-order valence-corrected chi connectivity index (χ1v) is 10.2. The van der Waals surface area contributed by atoms with Crippen LogP contribution < -0.4 is 4.74 Å². The number of nitrogens with zero attached hydrogens (tertiary/aromatic N) is 5. The van der Waals surface area contributed by atoms with E-state index < -0.39 is 0 Å². The van der Waals surface area contributed by atoms with Gasteiger partial charge in [0, 0.05) is 26.2 Å². The van der Waals surface area contributed by atoms with Crippen molar-refractivity contribution in [1.29, 1.82) is 0 Å². The molecule has 0 unspecified atom stereocenters. The summed E-state index contributed by atoms with van der Waals surface area (Å²) in [6.07, 6.45) is 3.86. The summed E-state index contributed by atoms with van der Waals surface area (Å²) in [7, 11) is 3.88. The van der Waals surface area contributed by atoms with Crippen molar-refractivity contribution in [3.8, 4) is 17.3 Å². The molecule has 2 aromatic heterocycles. The van der Waals surface area contributed by atoms with Crippen LogP contribution in [0.1, 0.15) is 24.2 Å². The van der Waals surface area contributed by atoms with Crippen LogP contribution in [0.2, 0.25) is 0 Å². The van der Waals surface area contributed by atoms with E-state index in [1.807, 2.05) is 24.3 Å². The van der Waals surface area contributed by atoms with Crippen LogP contribution in [-0.4, -0.2) is 58.4 Å². The molecule has 29 heavy (non-hydrogen) atoms. The molecule has 0 bridgehead atoms. The van der Waals surface area contributed by atoms with Gasteiger partial charge < -0.3 is 9.15 Å². The highest BCUT2D eigenvalue weighted by molar-refractivity contribution is 5.48. The Hall–Kier alpha value is -2.64. The molecule has 4 heterocycles. The monoisotopic (exact) mass is 393 g/mol. The standard InChI is InChI=1S/C22H27N5O2/c1-25-15-20-23-24-21(19-4-3-13-29-19)27(20)22(16-25)9-11-26(12-10-22)14-17-5-7-18(28-2)8-6-17/h3-8,13H,9-12,14-16H2,1-2H3. The number of piperidine rings is 1. The van der Waals surface area contributed by atoms with Gasteiger partial charge in [0.15, 0.2) is 11.6 Å². The minimum atomic E-state index is 0.0182. The van der Waals surface area contributed by atoms with Gasteiger partial charge in [-0.3, -0.25) is 14.4 Å². The fraction of sp³-hybridized carbons (Fsp3) is 0.455. The number of aromatic nitrogens is 3. The fourth-order valence-corrected chi connectivity index (χ4v) is 4.85. The Morgan fingerprint density at radius 3 is 2.59 bits per heavy atom. The van der Waals surface area contributed by atoms with E-state index in [-0.39, 0.29) is 5.54 Å². The average Bonchev–Trinajstić information content (AvgIpc) is 3.40. The van der Waals surface area contributed by atoms with Crippen LogP contribution in [0.15, 0.2) is 47.1 Å². The lowest BCUT2D eigenvalue weighted by Crippen LogP contribution is -2.55. The maximum atomic E-state index is 5.67. The molecule has 1 spiro atoms. The molecule has 1 fully saturated rings. The molecule has 7 heteroatoms. The van der Waals surface area contributed by atoms with Gasteiger partial charge in [0.05, 0.1) is 25.5 Å². The summed E-state index contributed by atoms with van der Waals surface area (Å²) in [5.41, 5.74) is 1.34. The first kappa shape index (κ1) is 18.4. The molecule has 2 aliphatic heterocycles. The van der Waals surface area contributed by atoms with Gasteiger partial charge in [0.1, 0.15) is 11.6 Å². The zero-order valence-electron chi connectivity index (χ0n) is 17.0. The van der Waals surface area contributed by atoms with Crippen molar-refractivity contribution in [2.45, 2.75) is 31.5 Å². The van der Waals surface area contributed by atoms with E-state index >= 15 is 0 Å². The van der Waals surface area contributed by atoms with E-state index in [9.17, 15) is 0 Å². The Balaban J connectivity index is 1.37. The Morgan fingerprint density at radius 1 is 1.10 bits per heavy atom. The topological polar surface area (TPSA) is 59.6 Å². The van der Waals surface area contributed by atoms with Crippen molar-refractivity contribution in [3.63, 3.8) is 0 Å². The molecule has 1 aromatic carbocycles. The summed E-state index contributed by atoms with van der Waals surface area (Å²) in [4.78, 5) is 4.91. The lowest BCUT2D eigenvalue weighted by molar-refractivity contribution is 0.0488. The second-order valence-electron chi connectivity index (χ2n) is 8.27. The predicted molar refractivity (Wildman–Crippen MR) is 110 cm³/mol. The van der Waals surface area contributed by atoms with Crippen molar-refractivity contribution in [1.82, 2.24) is 24.6 Å². The van der Waals surface area contributed by atoms with Crippen LogP contribution in [0, 0.1) is 0 Å². The fourth-order valence-electron chi connectivity index (χ4n) is 4.85. The Kier molecular flexibility index (Phi) is 4.64. The molecule has 0 radical (unpaired) electrons. The molecule has 0 aliphatic carbocycles. The van der Waals surface area contributed by atoms with Gasteiger partial charge in [-0.2, -0.15) is 0 Å². The molecule has 0 atom stereocenters. The van der Waals surface area contributed by atoms with Gasteiger partial charge >= 0.3 is 0 Å². The van der Waals surface area contributed by atoms with E-state index in [2.05, 4.69) is 43.7 Å². The van der Waals surface area contributed by atoms with Crippen LogP contribution in [-0.2, 0) is 18.6 Å². The highest BCUT2D eigenvalue weighted by Crippen LogP contribution is 2.39. The number of benzene rings is 1. The third-order valence-corrected chi connectivity index (χ3v) is 6.27. The summed E-state index contributed by atoms with van der Waals surface area (Å²) in [6.45, 7) is 4.91. The van der Waals surface area contributed by atoms with Gasteiger partial charge in [-0.25, -0.2) is 0 Å². The number of likely N-dealkylation sites (tertiary alicyclic amines) is 1. The minimum absolute atomic E-state index is 0.0182. The summed E-state index contributed by atoms with van der Waals surface area (Å²) in [5.74, 6) is 3.60. The van der Waals surface area contributed by atoms with Gasteiger partial charge in [0.2, 0.25) is 0 Å². The number of fused-ring (bicyclic) bond motifs is 2. The first-order valence-electron chi connectivity index (χ1n) is 10.2. The predicted octanol–water partition coefficient (Wildman–Crippen LogP) is 2.98. The van der Waals surface area contributed by atoms with Crippen LogP contribution in [0.25, 0.3) is 11.6 Å². The average molecular weight is 393 g/mol. The summed E-state index contributed by atoms with van der Waals surface area (Å²) in [6, 6.07) is 12.3. The summed E-state index contributed by atoms with van der Waals surface area (Å²) in [5, 5.41) is 9.00. The largest absolute Gasteiger partial charge is 0.497 e.